The maximum absolute atomic E-state index is 4.65. The Balaban J connectivity index is 2.02. The van der Waals surface area contributed by atoms with Gasteiger partial charge in [0.05, 0.1) is 5.52 Å². The number of thioether (sulfide) groups is 2. The molecule has 4 heteroatoms. The molecule has 1 N–H and O–H groups in total. The summed E-state index contributed by atoms with van der Waals surface area (Å²) >= 11 is 4.21. The van der Waals surface area contributed by atoms with Crippen LogP contribution in [0.15, 0.2) is 36.5 Å². The van der Waals surface area contributed by atoms with Gasteiger partial charge in [-0.25, -0.2) is 0 Å². The molecule has 0 amide bonds. The first-order chi connectivity index (χ1) is 10.3. The number of aromatic nitrogens is 1. The van der Waals surface area contributed by atoms with E-state index in [-0.39, 0.29) is 0 Å². The van der Waals surface area contributed by atoms with Crippen LogP contribution in [0.4, 0.5) is 0 Å². The normalized spacial score (nSPS) is 24.1. The monoisotopic (exact) mass is 318 g/mol. The minimum atomic E-state index is 0.376. The minimum Gasteiger partial charge on any atom is -0.309 e. The predicted octanol–water partition coefficient (Wildman–Crippen LogP) is 4.12. The summed E-state index contributed by atoms with van der Waals surface area (Å²) in [5, 5.41) is 6.23. The Hall–Kier alpha value is -0.710. The van der Waals surface area contributed by atoms with Gasteiger partial charge in [0.25, 0.3) is 0 Å². The lowest BCUT2D eigenvalue weighted by Gasteiger charge is -2.35. The van der Waals surface area contributed by atoms with E-state index in [2.05, 4.69) is 71.9 Å². The summed E-state index contributed by atoms with van der Waals surface area (Å²) in [7, 11) is 0. The molecule has 0 spiro atoms. The van der Waals surface area contributed by atoms with E-state index in [0.29, 0.717) is 16.5 Å². The fraction of sp³-hybridized carbons (Fsp3) is 0.471. The Kier molecular flexibility index (Phi) is 5.09. The number of nitrogens with one attached hydrogen (secondary N) is 1. The van der Waals surface area contributed by atoms with Crippen LogP contribution in [0.3, 0.4) is 0 Å². The average molecular weight is 319 g/mol. The highest BCUT2D eigenvalue weighted by Crippen LogP contribution is 2.39. The van der Waals surface area contributed by atoms with Crippen molar-refractivity contribution < 1.29 is 0 Å². The molecule has 0 bridgehead atoms. The quantitative estimate of drug-likeness (QED) is 0.916. The van der Waals surface area contributed by atoms with E-state index >= 15 is 0 Å². The maximum atomic E-state index is 4.65. The molecule has 112 valence electrons. The van der Waals surface area contributed by atoms with E-state index in [1.165, 1.54) is 22.5 Å². The first-order valence-corrected chi connectivity index (χ1v) is 9.71. The van der Waals surface area contributed by atoms with Crippen LogP contribution in [-0.4, -0.2) is 33.5 Å². The Morgan fingerprint density at radius 3 is 2.86 bits per heavy atom. The van der Waals surface area contributed by atoms with E-state index in [1.807, 2.05) is 12.3 Å². The fourth-order valence-electron chi connectivity index (χ4n) is 3.02. The Bertz CT molecular complexity index is 597. The van der Waals surface area contributed by atoms with Crippen LogP contribution in [0.2, 0.25) is 0 Å². The second-order valence-electron chi connectivity index (χ2n) is 5.37. The molecule has 1 saturated heterocycles. The summed E-state index contributed by atoms with van der Waals surface area (Å²) in [5.74, 6) is 2.52. The van der Waals surface area contributed by atoms with Gasteiger partial charge in [0.1, 0.15) is 0 Å². The van der Waals surface area contributed by atoms with Gasteiger partial charge in [0.15, 0.2) is 0 Å². The van der Waals surface area contributed by atoms with Crippen LogP contribution in [-0.2, 0) is 0 Å². The summed E-state index contributed by atoms with van der Waals surface area (Å²) in [6, 6.07) is 11.1. The van der Waals surface area contributed by atoms with Gasteiger partial charge in [-0.2, -0.15) is 23.5 Å². The molecule has 2 heterocycles. The van der Waals surface area contributed by atoms with Crippen LogP contribution in [0.1, 0.15) is 25.5 Å². The largest absolute Gasteiger partial charge is 0.309 e. The van der Waals surface area contributed by atoms with Crippen LogP contribution < -0.4 is 5.32 Å². The third-order valence-corrected chi connectivity index (χ3v) is 7.18. The first-order valence-electron chi connectivity index (χ1n) is 7.61. The highest BCUT2D eigenvalue weighted by molar-refractivity contribution is 8.07. The number of pyridine rings is 1. The van der Waals surface area contributed by atoms with Crippen LogP contribution in [0, 0.1) is 0 Å². The van der Waals surface area contributed by atoms with Gasteiger partial charge in [-0.3, -0.25) is 4.98 Å². The predicted molar refractivity (Wildman–Crippen MR) is 96.3 cm³/mol. The molecule has 0 saturated carbocycles. The van der Waals surface area contributed by atoms with Crippen molar-refractivity contribution in [3.05, 3.63) is 42.1 Å². The Morgan fingerprint density at radius 1 is 1.24 bits per heavy atom. The van der Waals surface area contributed by atoms with Gasteiger partial charge < -0.3 is 5.32 Å². The van der Waals surface area contributed by atoms with E-state index in [1.54, 1.807) is 0 Å². The van der Waals surface area contributed by atoms with Crippen molar-refractivity contribution in [3.8, 4) is 0 Å². The molecule has 2 aromatic rings. The topological polar surface area (TPSA) is 24.9 Å². The Morgan fingerprint density at radius 2 is 2.05 bits per heavy atom. The number of para-hydroxylation sites is 1. The van der Waals surface area contributed by atoms with Crippen LogP contribution in [0.5, 0.6) is 0 Å². The number of benzene rings is 1. The van der Waals surface area contributed by atoms with Gasteiger partial charge in [-0.15, -0.1) is 0 Å². The molecular weight excluding hydrogens is 296 g/mol. The number of hydrogen-bond donors (Lipinski definition) is 1. The lowest BCUT2D eigenvalue weighted by molar-refractivity contribution is 0.528. The molecule has 1 aliphatic heterocycles. The Labute approximate surface area is 135 Å². The molecule has 21 heavy (non-hydrogen) atoms. The third kappa shape index (κ3) is 3.22. The summed E-state index contributed by atoms with van der Waals surface area (Å²) in [5.41, 5.74) is 2.50. The molecule has 1 aromatic heterocycles. The van der Waals surface area contributed by atoms with Crippen molar-refractivity contribution in [2.75, 3.05) is 18.1 Å². The zero-order chi connectivity index (χ0) is 14.7. The maximum Gasteiger partial charge on any atom is 0.0750 e. The zero-order valence-corrected chi connectivity index (χ0v) is 14.2. The number of hydrogen-bond acceptors (Lipinski definition) is 4. The second-order valence-corrected chi connectivity index (χ2v) is 8.14. The highest BCUT2D eigenvalue weighted by atomic mass is 32.2. The van der Waals surface area contributed by atoms with Crippen molar-refractivity contribution >= 4 is 34.4 Å². The fourth-order valence-corrected chi connectivity index (χ4v) is 5.96. The summed E-state index contributed by atoms with van der Waals surface area (Å²) < 4.78 is 0. The molecule has 0 aliphatic carbocycles. The first kappa shape index (κ1) is 15.2. The molecule has 2 nitrogen and oxygen atoms in total. The van der Waals surface area contributed by atoms with E-state index in [4.69, 9.17) is 0 Å². The van der Waals surface area contributed by atoms with Crippen molar-refractivity contribution in [2.24, 2.45) is 0 Å². The minimum absolute atomic E-state index is 0.376. The number of fused-ring (bicyclic) bond motifs is 1. The SMILES string of the molecule is CCNC(c1cccc2cccnc12)C1SCCSC1C. The standard InChI is InChI=1S/C17H22N2S2/c1-3-18-16(17-12(2)20-10-11-21-17)14-8-4-6-13-7-5-9-19-15(13)14/h4-9,12,16-18H,3,10-11H2,1-2H3. The molecular formula is C17H22N2S2. The van der Waals surface area contributed by atoms with E-state index in [9.17, 15) is 0 Å². The molecule has 3 rings (SSSR count). The summed E-state index contributed by atoms with van der Waals surface area (Å²) in [4.78, 5) is 4.65. The van der Waals surface area contributed by atoms with Crippen molar-refractivity contribution in [1.29, 1.82) is 0 Å². The average Bonchev–Trinajstić information content (AvgIpc) is 2.53. The van der Waals surface area contributed by atoms with Gasteiger partial charge in [-0.05, 0) is 18.2 Å². The second kappa shape index (κ2) is 7.03. The molecule has 0 radical (unpaired) electrons. The lowest BCUT2D eigenvalue weighted by atomic mass is 9.98. The van der Waals surface area contributed by atoms with Crippen LogP contribution >= 0.6 is 23.5 Å². The van der Waals surface area contributed by atoms with Gasteiger partial charge in [0.2, 0.25) is 0 Å². The number of rotatable bonds is 4. The van der Waals surface area contributed by atoms with Gasteiger partial charge in [0, 0.05) is 39.6 Å². The third-order valence-electron chi connectivity index (χ3n) is 3.99. The summed E-state index contributed by atoms with van der Waals surface area (Å²) in [6.45, 7) is 5.55. The molecule has 1 aliphatic rings. The highest BCUT2D eigenvalue weighted by Gasteiger charge is 2.31. The van der Waals surface area contributed by atoms with Crippen molar-refractivity contribution in [3.63, 3.8) is 0 Å². The molecule has 3 atom stereocenters. The summed E-state index contributed by atoms with van der Waals surface area (Å²) in [6.07, 6.45) is 1.90. The van der Waals surface area contributed by atoms with Crippen LogP contribution in [0.25, 0.3) is 10.9 Å². The lowest BCUT2D eigenvalue weighted by Crippen LogP contribution is -2.37. The van der Waals surface area contributed by atoms with Gasteiger partial charge in [-0.1, -0.05) is 38.1 Å². The van der Waals surface area contributed by atoms with E-state index in [0.717, 1.165) is 12.1 Å². The van der Waals surface area contributed by atoms with Crippen molar-refractivity contribution in [2.45, 2.75) is 30.4 Å². The van der Waals surface area contributed by atoms with Gasteiger partial charge >= 0.3 is 0 Å². The molecule has 1 fully saturated rings. The number of nitrogens with zero attached hydrogens (tertiary/aromatic N) is 1. The van der Waals surface area contributed by atoms with Crippen molar-refractivity contribution in [1.82, 2.24) is 10.3 Å². The zero-order valence-electron chi connectivity index (χ0n) is 12.6. The molecule has 1 aromatic carbocycles. The smallest absolute Gasteiger partial charge is 0.0750 e. The molecule has 3 unspecified atom stereocenters. The van der Waals surface area contributed by atoms with E-state index < -0.39 is 0 Å².